The molecule has 0 aliphatic carbocycles. The topological polar surface area (TPSA) is 34.1 Å². The molecule has 0 amide bonds. The van der Waals surface area contributed by atoms with Gasteiger partial charge >= 0.3 is 21.1 Å². The summed E-state index contributed by atoms with van der Waals surface area (Å²) in [6.45, 7) is 2.64. The van der Waals surface area contributed by atoms with Crippen molar-refractivity contribution in [3.63, 3.8) is 0 Å². The Bertz CT molecular complexity index is 30.7. The van der Waals surface area contributed by atoms with Gasteiger partial charge in [0.15, 0.2) is 0 Å². The normalized spacial score (nSPS) is 3.71. The van der Waals surface area contributed by atoms with Crippen LogP contribution in [0.3, 0.4) is 0 Å². The van der Waals surface area contributed by atoms with Gasteiger partial charge in [-0.15, -0.1) is 0 Å². The molecule has 0 fully saturated rings. The van der Waals surface area contributed by atoms with Crippen molar-refractivity contribution in [2.75, 3.05) is 0 Å². The maximum Gasteiger partial charge on any atom is 2.00 e. The summed E-state index contributed by atoms with van der Waals surface area (Å²) < 4.78 is 0. The molecule has 40 valence electrons. The van der Waals surface area contributed by atoms with Gasteiger partial charge in [-0.2, -0.15) is 13.8 Å². The second-order valence-corrected chi connectivity index (χ2v) is 0.408. The van der Waals surface area contributed by atoms with Gasteiger partial charge in [-0.1, -0.05) is 0 Å². The Hall–Kier alpha value is 0.0283. The third-order valence-corrected chi connectivity index (χ3v) is 0. The molecule has 0 aromatic heterocycles. The molecule has 0 saturated carbocycles. The number of hydrogen-bond donors (Lipinski definition) is 0. The van der Waals surface area contributed by atoms with Gasteiger partial charge < -0.3 is 9.59 Å². The van der Waals surface area contributed by atoms with E-state index >= 15 is 0 Å². The monoisotopic (exact) mass is 270 g/mol. The fraction of sp³-hybridized carbons (Fsp3) is 0.500. The summed E-state index contributed by atoms with van der Waals surface area (Å²) in [5, 5.41) is 0. The first-order valence-corrected chi connectivity index (χ1v) is 1.41. The quantitative estimate of drug-likeness (QED) is 0.590. The van der Waals surface area contributed by atoms with Gasteiger partial charge in [-0.05, 0) is 0 Å². The Kier molecular flexibility index (Phi) is 83.3. The molecule has 0 aromatic carbocycles. The first-order valence-electron chi connectivity index (χ1n) is 1.41. The molecule has 0 saturated heterocycles. The minimum absolute atomic E-state index is 0. The predicted molar refractivity (Wildman–Crippen MR) is 22.7 cm³/mol. The van der Waals surface area contributed by atoms with Crippen LogP contribution in [-0.4, -0.2) is 12.6 Å². The van der Waals surface area contributed by atoms with Crippen LogP contribution >= 0.6 is 0 Å². The summed E-state index contributed by atoms with van der Waals surface area (Å²) in [6, 6.07) is 0. The molecule has 0 aliphatic rings. The molecule has 7 heavy (non-hydrogen) atoms. The van der Waals surface area contributed by atoms with Crippen molar-refractivity contribution in [3.8, 4) is 0 Å². The van der Waals surface area contributed by atoms with Crippen LogP contribution in [0.2, 0.25) is 0 Å². The van der Waals surface area contributed by atoms with Crippen LogP contribution in [0, 0.1) is 0 Å². The molecule has 0 bridgehead atoms. The SMILES string of the molecule is C[C-]=O.C[C-]=O.[W+2]. The van der Waals surface area contributed by atoms with Crippen LogP contribution in [0.25, 0.3) is 0 Å². The predicted octanol–water partition coefficient (Wildman–Crippen LogP) is 0.230. The van der Waals surface area contributed by atoms with Gasteiger partial charge in [0, 0.05) is 0 Å². The number of rotatable bonds is 0. The third kappa shape index (κ3) is 122000. The van der Waals surface area contributed by atoms with Crippen molar-refractivity contribution in [1.82, 2.24) is 0 Å². The Balaban J connectivity index is -0.0000000400. The van der Waals surface area contributed by atoms with Crippen molar-refractivity contribution >= 4 is 12.6 Å². The third-order valence-electron chi connectivity index (χ3n) is 0. The zero-order valence-corrected chi connectivity index (χ0v) is 7.16. The molecule has 0 heterocycles. The second kappa shape index (κ2) is 37.0. The van der Waals surface area contributed by atoms with Gasteiger partial charge in [-0.25, -0.2) is 0 Å². The summed E-state index contributed by atoms with van der Waals surface area (Å²) in [7, 11) is 0. The molecule has 2 nitrogen and oxygen atoms in total. The summed E-state index contributed by atoms with van der Waals surface area (Å²) in [4.78, 5) is 17.4. The Morgan fingerprint density at radius 3 is 1.00 bits per heavy atom. The standard InChI is InChI=1S/2C2H3O.W/c2*1-2-3;/h2*1H3;/q2*-1;+2. The number of hydrogen-bond acceptors (Lipinski definition) is 2. The van der Waals surface area contributed by atoms with E-state index in [-0.39, 0.29) is 21.1 Å². The molecule has 0 rings (SSSR count). The maximum atomic E-state index is 8.68. The van der Waals surface area contributed by atoms with Crippen LogP contribution in [0.1, 0.15) is 13.8 Å². The molecule has 0 unspecified atom stereocenters. The van der Waals surface area contributed by atoms with E-state index in [1.165, 1.54) is 26.4 Å². The maximum absolute atomic E-state index is 8.68. The molecule has 0 aromatic rings. The van der Waals surface area contributed by atoms with E-state index in [0.717, 1.165) is 0 Å². The van der Waals surface area contributed by atoms with E-state index in [1.807, 2.05) is 0 Å². The summed E-state index contributed by atoms with van der Waals surface area (Å²) >= 11 is 0. The second-order valence-electron chi connectivity index (χ2n) is 0.408. The van der Waals surface area contributed by atoms with Crippen LogP contribution in [0.5, 0.6) is 0 Å². The van der Waals surface area contributed by atoms with Crippen molar-refractivity contribution in [3.05, 3.63) is 0 Å². The smallest absolute Gasteiger partial charge is 0.542 e. The van der Waals surface area contributed by atoms with Crippen LogP contribution < -0.4 is 0 Å². The van der Waals surface area contributed by atoms with E-state index in [1.54, 1.807) is 0 Å². The summed E-state index contributed by atoms with van der Waals surface area (Å²) in [6.07, 6.45) is 3.00. The fourth-order valence-corrected chi connectivity index (χ4v) is 0. The molecule has 0 spiro atoms. The van der Waals surface area contributed by atoms with E-state index in [0.29, 0.717) is 0 Å². The first kappa shape index (κ1) is 15.7. The van der Waals surface area contributed by atoms with E-state index in [9.17, 15) is 0 Å². The molecule has 0 radical (unpaired) electrons. The summed E-state index contributed by atoms with van der Waals surface area (Å²) in [5.41, 5.74) is 0. The van der Waals surface area contributed by atoms with Crippen LogP contribution in [-0.2, 0) is 30.7 Å². The summed E-state index contributed by atoms with van der Waals surface area (Å²) in [5.74, 6) is 0. The van der Waals surface area contributed by atoms with Crippen molar-refractivity contribution in [1.29, 1.82) is 0 Å². The minimum atomic E-state index is 0. The van der Waals surface area contributed by atoms with Crippen LogP contribution in [0.4, 0.5) is 0 Å². The van der Waals surface area contributed by atoms with Crippen molar-refractivity contribution in [2.24, 2.45) is 0 Å². The molecular formula is C4H6O2W. The van der Waals surface area contributed by atoms with E-state index in [4.69, 9.17) is 9.59 Å². The zero-order valence-electron chi connectivity index (χ0n) is 4.22. The van der Waals surface area contributed by atoms with E-state index in [2.05, 4.69) is 0 Å². The molecule has 0 aliphatic heterocycles. The molecule has 3 heteroatoms. The fourth-order valence-electron chi connectivity index (χ4n) is 0. The Morgan fingerprint density at radius 1 is 1.00 bits per heavy atom. The largest absolute Gasteiger partial charge is 2.00 e. The minimum Gasteiger partial charge on any atom is -0.542 e. The van der Waals surface area contributed by atoms with Gasteiger partial charge in [0.2, 0.25) is 0 Å². The van der Waals surface area contributed by atoms with E-state index < -0.39 is 0 Å². The van der Waals surface area contributed by atoms with Gasteiger partial charge in [0.1, 0.15) is 0 Å². The number of carbonyl (C=O) groups excluding carboxylic acids is 2. The van der Waals surface area contributed by atoms with Crippen LogP contribution in [0.15, 0.2) is 0 Å². The van der Waals surface area contributed by atoms with Gasteiger partial charge in [0.05, 0.1) is 0 Å². The van der Waals surface area contributed by atoms with Gasteiger partial charge in [-0.3, -0.25) is 12.6 Å². The van der Waals surface area contributed by atoms with Crippen molar-refractivity contribution in [2.45, 2.75) is 13.8 Å². The Labute approximate surface area is 57.6 Å². The molecule has 0 N–H and O–H groups in total. The molecular weight excluding hydrogens is 264 g/mol. The zero-order chi connectivity index (χ0) is 5.41. The van der Waals surface area contributed by atoms with Gasteiger partial charge in [0.25, 0.3) is 0 Å². The Morgan fingerprint density at radius 2 is 1.00 bits per heavy atom. The first-order chi connectivity index (χ1) is 2.83. The molecule has 0 atom stereocenters. The average Bonchev–Trinajstić information content (AvgIpc) is 1.39. The average molecular weight is 270 g/mol. The van der Waals surface area contributed by atoms with Crippen molar-refractivity contribution < 1.29 is 30.7 Å².